The molecule has 0 amide bonds. The minimum absolute atomic E-state index is 0.122. The Morgan fingerprint density at radius 2 is 1.18 bits per heavy atom. The molecule has 4 aromatic rings. The van der Waals surface area contributed by atoms with E-state index in [9.17, 15) is 5.11 Å². The van der Waals surface area contributed by atoms with Crippen LogP contribution in [0.2, 0.25) is 0 Å². The van der Waals surface area contributed by atoms with Gasteiger partial charge in [0.25, 0.3) is 0 Å². The Morgan fingerprint density at radius 3 is 1.69 bits per heavy atom. The molecule has 4 aromatic carbocycles. The Bertz CT molecular complexity index is 1180. The summed E-state index contributed by atoms with van der Waals surface area (Å²) in [4.78, 5) is 0. The van der Waals surface area contributed by atoms with Crippen LogP contribution < -0.4 is 19.5 Å². The molecule has 2 N–H and O–H groups in total. The molecule has 0 radical (unpaired) electrons. The SMILES string of the molecule is COc1ccc(C(CC(C)C(NCc2ccccc2)[C@H](O)COc2ccccc2)c2ccc(OC)cc2)cc1. The molecule has 0 saturated heterocycles. The highest BCUT2D eigenvalue weighted by atomic mass is 16.5. The maximum absolute atomic E-state index is 11.4. The zero-order valence-electron chi connectivity index (χ0n) is 23.0. The fourth-order valence-electron chi connectivity index (χ4n) is 5.01. The highest BCUT2D eigenvalue weighted by molar-refractivity contribution is 5.38. The van der Waals surface area contributed by atoms with Crippen LogP contribution in [-0.2, 0) is 6.54 Å². The third kappa shape index (κ3) is 8.09. The summed E-state index contributed by atoms with van der Waals surface area (Å²) in [6.45, 7) is 3.07. The summed E-state index contributed by atoms with van der Waals surface area (Å²) in [6, 6.07) is 36.3. The molecule has 0 aliphatic rings. The molecule has 0 aliphatic carbocycles. The van der Waals surface area contributed by atoms with E-state index in [1.807, 2.05) is 72.8 Å². The third-order valence-corrected chi connectivity index (χ3v) is 7.22. The fourth-order valence-corrected chi connectivity index (χ4v) is 5.01. The van der Waals surface area contributed by atoms with Crippen LogP contribution in [0.1, 0.15) is 36.0 Å². The second kappa shape index (κ2) is 14.4. The van der Waals surface area contributed by atoms with E-state index in [0.29, 0.717) is 6.54 Å². The molecule has 0 saturated carbocycles. The van der Waals surface area contributed by atoms with Crippen LogP contribution in [-0.4, -0.2) is 38.1 Å². The van der Waals surface area contributed by atoms with Crippen molar-refractivity contribution in [2.75, 3.05) is 20.8 Å². The van der Waals surface area contributed by atoms with Crippen molar-refractivity contribution >= 4 is 0 Å². The minimum atomic E-state index is -0.698. The number of para-hydroxylation sites is 1. The number of methoxy groups -OCH3 is 2. The number of hydrogen-bond acceptors (Lipinski definition) is 5. The molecule has 5 heteroatoms. The van der Waals surface area contributed by atoms with Crippen LogP contribution in [0.3, 0.4) is 0 Å². The Labute approximate surface area is 232 Å². The number of hydrogen-bond donors (Lipinski definition) is 2. The molecule has 4 rings (SSSR count). The van der Waals surface area contributed by atoms with Gasteiger partial charge in [-0.05, 0) is 65.4 Å². The quantitative estimate of drug-likeness (QED) is 0.198. The van der Waals surface area contributed by atoms with Crippen molar-refractivity contribution in [2.24, 2.45) is 5.92 Å². The lowest BCUT2D eigenvalue weighted by atomic mass is 9.80. The Balaban J connectivity index is 1.56. The largest absolute Gasteiger partial charge is 0.497 e. The zero-order chi connectivity index (χ0) is 27.5. The monoisotopic (exact) mass is 525 g/mol. The van der Waals surface area contributed by atoms with E-state index in [0.717, 1.165) is 23.7 Å². The van der Waals surface area contributed by atoms with Gasteiger partial charge < -0.3 is 24.6 Å². The van der Waals surface area contributed by atoms with Crippen LogP contribution in [0.5, 0.6) is 17.2 Å². The molecule has 0 aliphatic heterocycles. The second-order valence-electron chi connectivity index (χ2n) is 9.90. The number of aliphatic hydroxyl groups is 1. The van der Waals surface area contributed by atoms with Crippen LogP contribution in [0.4, 0.5) is 0 Å². The van der Waals surface area contributed by atoms with Crippen molar-refractivity contribution in [3.8, 4) is 17.2 Å². The average molecular weight is 526 g/mol. The molecule has 0 spiro atoms. The molecule has 0 aromatic heterocycles. The van der Waals surface area contributed by atoms with E-state index in [-0.39, 0.29) is 24.5 Å². The van der Waals surface area contributed by atoms with E-state index in [1.54, 1.807) is 14.2 Å². The smallest absolute Gasteiger partial charge is 0.119 e. The molecule has 39 heavy (non-hydrogen) atoms. The standard InChI is InChI=1S/C34H39NO4/c1-25(22-32(27-14-18-29(37-2)19-15-27)28-16-20-30(38-3)21-17-28)34(35-23-26-10-6-4-7-11-26)33(36)24-39-31-12-8-5-9-13-31/h4-21,25,32-36H,22-24H2,1-3H3/t25?,33-,34?/m1/s1. The second-order valence-corrected chi connectivity index (χ2v) is 9.90. The summed E-state index contributed by atoms with van der Waals surface area (Å²) in [6.07, 6.45) is 0.129. The first-order valence-corrected chi connectivity index (χ1v) is 13.5. The van der Waals surface area contributed by atoms with Gasteiger partial charge in [-0.25, -0.2) is 0 Å². The average Bonchev–Trinajstić information content (AvgIpc) is 3.00. The topological polar surface area (TPSA) is 60.0 Å². The van der Waals surface area contributed by atoms with Gasteiger partial charge in [-0.2, -0.15) is 0 Å². The lowest BCUT2D eigenvalue weighted by Crippen LogP contribution is -2.47. The van der Waals surface area contributed by atoms with Crippen molar-refractivity contribution in [2.45, 2.75) is 38.0 Å². The predicted molar refractivity (Wildman–Crippen MR) is 157 cm³/mol. The third-order valence-electron chi connectivity index (χ3n) is 7.22. The first-order chi connectivity index (χ1) is 19.1. The normalized spacial score (nSPS) is 13.5. The number of nitrogens with one attached hydrogen (secondary N) is 1. The van der Waals surface area contributed by atoms with E-state index in [2.05, 4.69) is 48.6 Å². The number of aliphatic hydroxyl groups excluding tert-OH is 1. The van der Waals surface area contributed by atoms with Crippen LogP contribution in [0.15, 0.2) is 109 Å². The lowest BCUT2D eigenvalue weighted by Gasteiger charge is -2.32. The van der Waals surface area contributed by atoms with Crippen molar-refractivity contribution in [3.63, 3.8) is 0 Å². The van der Waals surface area contributed by atoms with Gasteiger partial charge in [0, 0.05) is 18.5 Å². The van der Waals surface area contributed by atoms with Gasteiger partial charge >= 0.3 is 0 Å². The maximum atomic E-state index is 11.4. The first kappa shape index (κ1) is 28.2. The zero-order valence-corrected chi connectivity index (χ0v) is 23.0. The summed E-state index contributed by atoms with van der Waals surface area (Å²) < 4.78 is 16.8. The van der Waals surface area contributed by atoms with Gasteiger partial charge in [-0.1, -0.05) is 79.7 Å². The van der Waals surface area contributed by atoms with Crippen LogP contribution in [0.25, 0.3) is 0 Å². The predicted octanol–water partition coefficient (Wildman–Crippen LogP) is 6.46. The molecule has 3 atom stereocenters. The molecular weight excluding hydrogens is 486 g/mol. The van der Waals surface area contributed by atoms with E-state index in [1.165, 1.54) is 16.7 Å². The summed E-state index contributed by atoms with van der Waals surface area (Å²) in [7, 11) is 3.36. The van der Waals surface area contributed by atoms with Crippen molar-refractivity contribution in [1.29, 1.82) is 0 Å². The van der Waals surface area contributed by atoms with E-state index in [4.69, 9.17) is 14.2 Å². The van der Waals surface area contributed by atoms with Gasteiger partial charge in [0.1, 0.15) is 30.0 Å². The van der Waals surface area contributed by atoms with E-state index >= 15 is 0 Å². The Morgan fingerprint density at radius 1 is 0.667 bits per heavy atom. The molecular formula is C34H39NO4. The summed E-state index contributed by atoms with van der Waals surface area (Å²) in [5, 5.41) is 15.0. The van der Waals surface area contributed by atoms with Crippen molar-refractivity contribution in [3.05, 3.63) is 126 Å². The summed E-state index contributed by atoms with van der Waals surface area (Å²) in [5.74, 6) is 2.66. The fraction of sp³-hybridized carbons (Fsp3) is 0.294. The van der Waals surface area contributed by atoms with Gasteiger partial charge in [0.15, 0.2) is 0 Å². The van der Waals surface area contributed by atoms with Crippen molar-refractivity contribution in [1.82, 2.24) is 5.32 Å². The molecule has 204 valence electrons. The van der Waals surface area contributed by atoms with Gasteiger partial charge in [0.2, 0.25) is 0 Å². The van der Waals surface area contributed by atoms with Gasteiger partial charge in [-0.3, -0.25) is 0 Å². The Hall–Kier alpha value is -3.80. The van der Waals surface area contributed by atoms with Gasteiger partial charge in [-0.15, -0.1) is 0 Å². The van der Waals surface area contributed by atoms with Crippen LogP contribution >= 0.6 is 0 Å². The lowest BCUT2D eigenvalue weighted by molar-refractivity contribution is 0.0516. The minimum Gasteiger partial charge on any atom is -0.497 e. The summed E-state index contributed by atoms with van der Waals surface area (Å²) >= 11 is 0. The highest BCUT2D eigenvalue weighted by Gasteiger charge is 2.29. The Kier molecular flexibility index (Phi) is 10.4. The maximum Gasteiger partial charge on any atom is 0.119 e. The van der Waals surface area contributed by atoms with Crippen LogP contribution in [0, 0.1) is 5.92 Å². The molecule has 0 fully saturated rings. The first-order valence-electron chi connectivity index (χ1n) is 13.5. The van der Waals surface area contributed by atoms with Gasteiger partial charge in [0.05, 0.1) is 14.2 Å². The number of ether oxygens (including phenoxy) is 3. The number of benzene rings is 4. The molecule has 0 heterocycles. The molecule has 0 bridgehead atoms. The highest BCUT2D eigenvalue weighted by Crippen LogP contribution is 2.34. The van der Waals surface area contributed by atoms with Crippen molar-refractivity contribution < 1.29 is 19.3 Å². The summed E-state index contributed by atoms with van der Waals surface area (Å²) in [5.41, 5.74) is 3.57. The number of rotatable bonds is 14. The molecule has 5 nitrogen and oxygen atoms in total. The molecule has 2 unspecified atom stereocenters. The van der Waals surface area contributed by atoms with E-state index < -0.39 is 6.10 Å².